The van der Waals surface area contributed by atoms with Gasteiger partial charge >= 0.3 is 0 Å². The molecule has 0 bridgehead atoms. The summed E-state index contributed by atoms with van der Waals surface area (Å²) in [5.41, 5.74) is 1.21. The Labute approximate surface area is 130 Å². The highest BCUT2D eigenvalue weighted by Crippen LogP contribution is 2.33. The highest BCUT2D eigenvalue weighted by molar-refractivity contribution is 9.10. The van der Waals surface area contributed by atoms with Gasteiger partial charge in [0, 0.05) is 22.7 Å². The molecule has 20 heavy (non-hydrogen) atoms. The molecule has 1 aliphatic rings. The lowest BCUT2D eigenvalue weighted by Crippen LogP contribution is -2.26. The molecule has 4 heteroatoms. The molecule has 0 radical (unpaired) electrons. The van der Waals surface area contributed by atoms with E-state index >= 15 is 0 Å². The van der Waals surface area contributed by atoms with Crippen LogP contribution in [0.15, 0.2) is 22.7 Å². The monoisotopic (exact) mass is 341 g/mol. The molecule has 0 aliphatic carbocycles. The van der Waals surface area contributed by atoms with Gasteiger partial charge in [-0.05, 0) is 50.4 Å². The average molecular weight is 342 g/mol. The largest absolute Gasteiger partial charge is 0.496 e. The Kier molecular flexibility index (Phi) is 6.33. The van der Waals surface area contributed by atoms with Crippen molar-refractivity contribution >= 4 is 15.9 Å². The fourth-order valence-electron chi connectivity index (χ4n) is 2.71. The number of ether oxygens (including phenoxy) is 2. The van der Waals surface area contributed by atoms with E-state index in [0.717, 1.165) is 36.2 Å². The van der Waals surface area contributed by atoms with Crippen LogP contribution >= 0.6 is 15.9 Å². The van der Waals surface area contributed by atoms with Gasteiger partial charge in [-0.2, -0.15) is 0 Å². The highest BCUT2D eigenvalue weighted by atomic mass is 79.9. The summed E-state index contributed by atoms with van der Waals surface area (Å²) in [6.45, 7) is 4.10. The summed E-state index contributed by atoms with van der Waals surface area (Å²) in [5.74, 6) is 0.944. The summed E-state index contributed by atoms with van der Waals surface area (Å²) in [6, 6.07) is 6.48. The molecule has 1 heterocycles. The van der Waals surface area contributed by atoms with Gasteiger partial charge in [0.1, 0.15) is 5.75 Å². The van der Waals surface area contributed by atoms with Crippen molar-refractivity contribution in [1.82, 2.24) is 5.32 Å². The van der Waals surface area contributed by atoms with Crippen LogP contribution in [0.25, 0.3) is 0 Å². The van der Waals surface area contributed by atoms with Gasteiger partial charge in [0.25, 0.3) is 0 Å². The summed E-state index contributed by atoms with van der Waals surface area (Å²) in [4.78, 5) is 0. The number of benzene rings is 1. The summed E-state index contributed by atoms with van der Waals surface area (Å²) in [6.07, 6.45) is 4.85. The fraction of sp³-hybridized carbons (Fsp3) is 0.625. The lowest BCUT2D eigenvalue weighted by Gasteiger charge is -2.24. The number of methoxy groups -OCH3 is 1. The number of halogens is 1. The molecule has 3 nitrogen and oxygen atoms in total. The Morgan fingerprint density at radius 2 is 2.35 bits per heavy atom. The van der Waals surface area contributed by atoms with Crippen molar-refractivity contribution in [2.24, 2.45) is 0 Å². The van der Waals surface area contributed by atoms with E-state index in [4.69, 9.17) is 9.47 Å². The molecule has 2 atom stereocenters. The minimum atomic E-state index is 0.283. The lowest BCUT2D eigenvalue weighted by molar-refractivity contribution is 0.0943. The first kappa shape index (κ1) is 15.8. The smallest absolute Gasteiger partial charge is 0.123 e. The predicted molar refractivity (Wildman–Crippen MR) is 85.3 cm³/mol. The zero-order chi connectivity index (χ0) is 14.4. The average Bonchev–Trinajstić information content (AvgIpc) is 2.96. The van der Waals surface area contributed by atoms with Crippen molar-refractivity contribution < 1.29 is 9.47 Å². The molecule has 0 spiro atoms. The maximum absolute atomic E-state index is 5.80. The van der Waals surface area contributed by atoms with E-state index in [9.17, 15) is 0 Å². The number of rotatable bonds is 7. The predicted octanol–water partition coefficient (Wildman–Crippen LogP) is 4.07. The van der Waals surface area contributed by atoms with Gasteiger partial charge in [-0.3, -0.25) is 0 Å². The van der Waals surface area contributed by atoms with Crippen LogP contribution in [0.3, 0.4) is 0 Å². The van der Waals surface area contributed by atoms with Crippen LogP contribution in [0.2, 0.25) is 0 Å². The van der Waals surface area contributed by atoms with Crippen LogP contribution < -0.4 is 10.1 Å². The van der Waals surface area contributed by atoms with E-state index in [1.54, 1.807) is 7.11 Å². The lowest BCUT2D eigenvalue weighted by atomic mass is 9.98. The van der Waals surface area contributed by atoms with E-state index in [1.807, 2.05) is 12.1 Å². The zero-order valence-electron chi connectivity index (χ0n) is 12.3. The standard InChI is InChI=1S/C16H24BrNO2/c1-3-8-18-15(11-13-5-4-9-20-13)14-10-12(17)6-7-16(14)19-2/h6-7,10,13,15,18H,3-5,8-9,11H2,1-2H3. The van der Waals surface area contributed by atoms with E-state index in [-0.39, 0.29) is 6.04 Å². The van der Waals surface area contributed by atoms with E-state index < -0.39 is 0 Å². The number of hydrogen-bond acceptors (Lipinski definition) is 3. The Balaban J connectivity index is 2.17. The van der Waals surface area contributed by atoms with Crippen molar-refractivity contribution in [1.29, 1.82) is 0 Å². The van der Waals surface area contributed by atoms with Crippen molar-refractivity contribution in [2.45, 2.75) is 44.8 Å². The van der Waals surface area contributed by atoms with Gasteiger partial charge < -0.3 is 14.8 Å². The van der Waals surface area contributed by atoms with Gasteiger partial charge in [0.15, 0.2) is 0 Å². The van der Waals surface area contributed by atoms with Crippen LogP contribution in [0.5, 0.6) is 5.75 Å². The van der Waals surface area contributed by atoms with Crippen LogP contribution in [-0.4, -0.2) is 26.4 Å². The van der Waals surface area contributed by atoms with Gasteiger partial charge in [0.2, 0.25) is 0 Å². The molecule has 2 unspecified atom stereocenters. The van der Waals surface area contributed by atoms with E-state index in [1.165, 1.54) is 18.4 Å². The Morgan fingerprint density at radius 3 is 3.00 bits per heavy atom. The zero-order valence-corrected chi connectivity index (χ0v) is 13.9. The SMILES string of the molecule is CCCNC(CC1CCCO1)c1cc(Br)ccc1OC. The second-order valence-electron chi connectivity index (χ2n) is 5.26. The first-order valence-electron chi connectivity index (χ1n) is 7.43. The second-order valence-corrected chi connectivity index (χ2v) is 6.18. The number of hydrogen-bond donors (Lipinski definition) is 1. The van der Waals surface area contributed by atoms with Gasteiger partial charge in [-0.1, -0.05) is 22.9 Å². The minimum Gasteiger partial charge on any atom is -0.496 e. The Hall–Kier alpha value is -0.580. The molecule has 112 valence electrons. The molecule has 1 aromatic rings. The van der Waals surface area contributed by atoms with Gasteiger partial charge in [-0.25, -0.2) is 0 Å². The summed E-state index contributed by atoms with van der Waals surface area (Å²) in [5, 5.41) is 3.63. The maximum atomic E-state index is 5.80. The fourth-order valence-corrected chi connectivity index (χ4v) is 3.09. The summed E-state index contributed by atoms with van der Waals surface area (Å²) >= 11 is 3.56. The molecule has 1 fully saturated rings. The Morgan fingerprint density at radius 1 is 1.50 bits per heavy atom. The molecular formula is C16H24BrNO2. The summed E-state index contributed by atoms with van der Waals surface area (Å²) < 4.78 is 12.4. The van der Waals surface area contributed by atoms with Crippen LogP contribution in [0, 0.1) is 0 Å². The van der Waals surface area contributed by atoms with Crippen molar-refractivity contribution in [3.05, 3.63) is 28.2 Å². The van der Waals surface area contributed by atoms with Gasteiger partial charge in [0.05, 0.1) is 13.2 Å². The molecular weight excluding hydrogens is 318 g/mol. The van der Waals surface area contributed by atoms with E-state index in [2.05, 4.69) is 34.2 Å². The van der Waals surface area contributed by atoms with Crippen molar-refractivity contribution in [3.8, 4) is 5.75 Å². The van der Waals surface area contributed by atoms with E-state index in [0.29, 0.717) is 6.10 Å². The third kappa shape index (κ3) is 4.21. The van der Waals surface area contributed by atoms with Crippen LogP contribution in [0.4, 0.5) is 0 Å². The first-order chi connectivity index (χ1) is 9.74. The summed E-state index contributed by atoms with van der Waals surface area (Å²) in [7, 11) is 1.73. The molecule has 0 saturated carbocycles. The highest BCUT2D eigenvalue weighted by Gasteiger charge is 2.23. The quantitative estimate of drug-likeness (QED) is 0.810. The minimum absolute atomic E-state index is 0.283. The van der Waals surface area contributed by atoms with Crippen LogP contribution in [0.1, 0.15) is 44.2 Å². The van der Waals surface area contributed by atoms with Crippen LogP contribution in [-0.2, 0) is 4.74 Å². The topological polar surface area (TPSA) is 30.5 Å². The normalized spacial score (nSPS) is 20.1. The number of nitrogens with one attached hydrogen (secondary N) is 1. The second kappa shape index (κ2) is 8.01. The Bertz CT molecular complexity index is 419. The third-order valence-corrected chi connectivity index (χ3v) is 4.22. The van der Waals surface area contributed by atoms with Crippen molar-refractivity contribution in [2.75, 3.05) is 20.3 Å². The van der Waals surface area contributed by atoms with Crippen molar-refractivity contribution in [3.63, 3.8) is 0 Å². The first-order valence-corrected chi connectivity index (χ1v) is 8.22. The molecule has 1 N–H and O–H groups in total. The maximum Gasteiger partial charge on any atom is 0.123 e. The molecule has 1 saturated heterocycles. The molecule has 1 aliphatic heterocycles. The molecule has 0 aromatic heterocycles. The molecule has 0 amide bonds. The van der Waals surface area contributed by atoms with Gasteiger partial charge in [-0.15, -0.1) is 0 Å². The molecule has 2 rings (SSSR count). The molecule has 1 aromatic carbocycles. The third-order valence-electron chi connectivity index (χ3n) is 3.73.